The molecule has 0 radical (unpaired) electrons. The molecule has 0 aliphatic carbocycles. The monoisotopic (exact) mass is 169 g/mol. The standard InChI is InChI=1S/C7H11N3O2/c1-8-6-4-7(10-5-9-6)12-3-2-11/h4-5,11H,2-3H2,1H3,(H,8,9,10). The molecule has 12 heavy (non-hydrogen) atoms. The summed E-state index contributed by atoms with van der Waals surface area (Å²) in [5.74, 6) is 1.15. The number of aromatic nitrogens is 2. The molecule has 0 aromatic carbocycles. The molecule has 0 saturated carbocycles. The third kappa shape index (κ3) is 2.35. The van der Waals surface area contributed by atoms with Crippen LogP contribution in [-0.4, -0.2) is 35.3 Å². The number of hydrogen-bond acceptors (Lipinski definition) is 5. The van der Waals surface area contributed by atoms with Crippen molar-refractivity contribution in [2.75, 3.05) is 25.6 Å². The lowest BCUT2D eigenvalue weighted by Crippen LogP contribution is -2.04. The number of rotatable bonds is 4. The summed E-state index contributed by atoms with van der Waals surface area (Å²) < 4.78 is 5.06. The van der Waals surface area contributed by atoms with Crippen LogP contribution < -0.4 is 10.1 Å². The van der Waals surface area contributed by atoms with Crippen LogP contribution in [0.1, 0.15) is 0 Å². The Morgan fingerprint density at radius 2 is 2.42 bits per heavy atom. The van der Waals surface area contributed by atoms with Crippen molar-refractivity contribution >= 4 is 5.82 Å². The summed E-state index contributed by atoms with van der Waals surface area (Å²) in [5.41, 5.74) is 0. The van der Waals surface area contributed by atoms with Crippen molar-refractivity contribution in [1.29, 1.82) is 0 Å². The molecular formula is C7H11N3O2. The van der Waals surface area contributed by atoms with Crippen molar-refractivity contribution in [3.8, 4) is 5.88 Å². The largest absolute Gasteiger partial charge is 0.475 e. The second-order valence-electron chi connectivity index (χ2n) is 2.06. The summed E-state index contributed by atoms with van der Waals surface area (Å²) >= 11 is 0. The minimum absolute atomic E-state index is 0.0150. The summed E-state index contributed by atoms with van der Waals surface area (Å²) in [4.78, 5) is 7.74. The first-order valence-corrected chi connectivity index (χ1v) is 3.60. The Kier molecular flexibility index (Phi) is 3.28. The molecule has 0 amide bonds. The molecule has 1 aromatic heterocycles. The molecule has 0 fully saturated rings. The Bertz CT molecular complexity index is 242. The Morgan fingerprint density at radius 3 is 3.08 bits per heavy atom. The van der Waals surface area contributed by atoms with Crippen molar-refractivity contribution in [3.63, 3.8) is 0 Å². The van der Waals surface area contributed by atoms with Crippen LogP contribution in [0.2, 0.25) is 0 Å². The number of anilines is 1. The summed E-state index contributed by atoms with van der Waals surface area (Å²) in [6.45, 7) is 0.235. The summed E-state index contributed by atoms with van der Waals surface area (Å²) in [5, 5.41) is 11.3. The van der Waals surface area contributed by atoms with Crippen LogP contribution in [0.4, 0.5) is 5.82 Å². The number of nitrogens with one attached hydrogen (secondary N) is 1. The maximum atomic E-state index is 8.47. The summed E-state index contributed by atoms with van der Waals surface area (Å²) in [7, 11) is 1.76. The minimum Gasteiger partial charge on any atom is -0.475 e. The average molecular weight is 169 g/mol. The fourth-order valence-corrected chi connectivity index (χ4v) is 0.705. The summed E-state index contributed by atoms with van der Waals surface area (Å²) in [6, 6.07) is 1.66. The van der Waals surface area contributed by atoms with E-state index in [2.05, 4.69) is 15.3 Å². The molecule has 0 atom stereocenters. The molecule has 0 unspecified atom stereocenters. The molecule has 5 nitrogen and oxygen atoms in total. The minimum atomic E-state index is -0.0150. The molecule has 0 saturated heterocycles. The Morgan fingerprint density at radius 1 is 1.58 bits per heavy atom. The Labute approximate surface area is 70.4 Å². The Balaban J connectivity index is 2.60. The van der Waals surface area contributed by atoms with Gasteiger partial charge in [-0.05, 0) is 0 Å². The van der Waals surface area contributed by atoms with Gasteiger partial charge in [0, 0.05) is 13.1 Å². The average Bonchev–Trinajstić information content (AvgIpc) is 2.15. The number of aliphatic hydroxyl groups is 1. The zero-order chi connectivity index (χ0) is 8.81. The second-order valence-corrected chi connectivity index (χ2v) is 2.06. The first kappa shape index (κ1) is 8.73. The molecule has 0 aliphatic heterocycles. The first-order valence-electron chi connectivity index (χ1n) is 3.60. The predicted molar refractivity (Wildman–Crippen MR) is 44.2 cm³/mol. The van der Waals surface area contributed by atoms with E-state index in [-0.39, 0.29) is 13.2 Å². The molecule has 0 bridgehead atoms. The van der Waals surface area contributed by atoms with E-state index in [1.807, 2.05) is 0 Å². The Hall–Kier alpha value is -1.36. The lowest BCUT2D eigenvalue weighted by molar-refractivity contribution is 0.196. The third-order valence-corrected chi connectivity index (χ3v) is 1.24. The highest BCUT2D eigenvalue weighted by Gasteiger charge is 1.96. The highest BCUT2D eigenvalue weighted by Crippen LogP contribution is 2.09. The van der Waals surface area contributed by atoms with Gasteiger partial charge in [-0.3, -0.25) is 0 Å². The van der Waals surface area contributed by atoms with E-state index in [9.17, 15) is 0 Å². The normalized spacial score (nSPS) is 9.50. The SMILES string of the molecule is CNc1cc(OCCO)ncn1. The van der Waals surface area contributed by atoms with E-state index < -0.39 is 0 Å². The van der Waals surface area contributed by atoms with Gasteiger partial charge in [0.1, 0.15) is 18.8 Å². The van der Waals surface area contributed by atoms with Gasteiger partial charge < -0.3 is 15.2 Å². The van der Waals surface area contributed by atoms with Gasteiger partial charge in [0.15, 0.2) is 0 Å². The molecule has 1 aromatic rings. The van der Waals surface area contributed by atoms with Gasteiger partial charge in [-0.25, -0.2) is 9.97 Å². The van der Waals surface area contributed by atoms with Crippen LogP contribution in [0.15, 0.2) is 12.4 Å². The van der Waals surface area contributed by atoms with Crippen LogP contribution in [0, 0.1) is 0 Å². The van der Waals surface area contributed by atoms with Gasteiger partial charge in [0.05, 0.1) is 6.61 Å². The van der Waals surface area contributed by atoms with Gasteiger partial charge in [-0.15, -0.1) is 0 Å². The van der Waals surface area contributed by atoms with Crippen molar-refractivity contribution in [3.05, 3.63) is 12.4 Å². The topological polar surface area (TPSA) is 67.3 Å². The lowest BCUT2D eigenvalue weighted by atomic mass is 10.5. The first-order chi connectivity index (χ1) is 5.86. The van der Waals surface area contributed by atoms with E-state index in [1.165, 1.54) is 6.33 Å². The maximum absolute atomic E-state index is 8.47. The molecule has 1 heterocycles. The van der Waals surface area contributed by atoms with Crippen LogP contribution in [-0.2, 0) is 0 Å². The molecule has 0 aliphatic rings. The number of hydrogen-bond donors (Lipinski definition) is 2. The van der Waals surface area contributed by atoms with Crippen molar-refractivity contribution in [1.82, 2.24) is 9.97 Å². The van der Waals surface area contributed by atoms with Crippen molar-refractivity contribution in [2.24, 2.45) is 0 Å². The molecule has 66 valence electrons. The van der Waals surface area contributed by atoms with Crippen LogP contribution >= 0.6 is 0 Å². The van der Waals surface area contributed by atoms with E-state index in [0.29, 0.717) is 11.7 Å². The van der Waals surface area contributed by atoms with E-state index in [0.717, 1.165) is 0 Å². The molecular weight excluding hydrogens is 158 g/mol. The number of nitrogens with zero attached hydrogens (tertiary/aromatic N) is 2. The second kappa shape index (κ2) is 4.50. The van der Waals surface area contributed by atoms with Crippen molar-refractivity contribution in [2.45, 2.75) is 0 Å². The zero-order valence-corrected chi connectivity index (χ0v) is 6.82. The number of ether oxygens (including phenoxy) is 1. The quantitative estimate of drug-likeness (QED) is 0.658. The maximum Gasteiger partial charge on any atom is 0.218 e. The summed E-state index contributed by atoms with van der Waals surface area (Å²) in [6.07, 6.45) is 1.40. The van der Waals surface area contributed by atoms with Gasteiger partial charge >= 0.3 is 0 Å². The fraction of sp³-hybridized carbons (Fsp3) is 0.429. The van der Waals surface area contributed by atoms with Gasteiger partial charge in [0.2, 0.25) is 5.88 Å². The van der Waals surface area contributed by atoms with Crippen LogP contribution in [0.5, 0.6) is 5.88 Å². The van der Waals surface area contributed by atoms with Crippen LogP contribution in [0.3, 0.4) is 0 Å². The fourth-order valence-electron chi connectivity index (χ4n) is 0.705. The van der Waals surface area contributed by atoms with Crippen LogP contribution in [0.25, 0.3) is 0 Å². The highest BCUT2D eigenvalue weighted by molar-refractivity contribution is 5.35. The molecule has 1 rings (SSSR count). The third-order valence-electron chi connectivity index (χ3n) is 1.24. The predicted octanol–water partition coefficient (Wildman–Crippen LogP) is -0.111. The van der Waals surface area contributed by atoms with Gasteiger partial charge in [-0.2, -0.15) is 0 Å². The van der Waals surface area contributed by atoms with E-state index in [4.69, 9.17) is 9.84 Å². The molecule has 0 spiro atoms. The van der Waals surface area contributed by atoms with Gasteiger partial charge in [0.25, 0.3) is 0 Å². The smallest absolute Gasteiger partial charge is 0.218 e. The highest BCUT2D eigenvalue weighted by atomic mass is 16.5. The van der Waals surface area contributed by atoms with E-state index in [1.54, 1.807) is 13.1 Å². The zero-order valence-electron chi connectivity index (χ0n) is 6.82. The number of aliphatic hydroxyl groups excluding tert-OH is 1. The van der Waals surface area contributed by atoms with Crippen molar-refractivity contribution < 1.29 is 9.84 Å². The lowest BCUT2D eigenvalue weighted by Gasteiger charge is -2.03. The van der Waals surface area contributed by atoms with Gasteiger partial charge in [-0.1, -0.05) is 0 Å². The molecule has 5 heteroatoms. The van der Waals surface area contributed by atoms with E-state index >= 15 is 0 Å². The molecule has 2 N–H and O–H groups in total.